The summed E-state index contributed by atoms with van der Waals surface area (Å²) in [6.45, 7) is 8.36. The molecule has 0 aliphatic heterocycles. The van der Waals surface area contributed by atoms with Crippen LogP contribution in [0.2, 0.25) is 0 Å². The van der Waals surface area contributed by atoms with Gasteiger partial charge in [-0.15, -0.1) is 11.3 Å². The van der Waals surface area contributed by atoms with Gasteiger partial charge in [0.25, 0.3) is 5.91 Å². The van der Waals surface area contributed by atoms with E-state index < -0.39 is 6.04 Å². The molecule has 0 fully saturated rings. The number of nitrogens with one attached hydrogen (secondary N) is 1. The van der Waals surface area contributed by atoms with Crippen molar-refractivity contribution >= 4 is 23.2 Å². The van der Waals surface area contributed by atoms with E-state index in [1.807, 2.05) is 26.2 Å². The largest absolute Gasteiger partial charge is 0.340 e. The second kappa shape index (κ2) is 8.54. The van der Waals surface area contributed by atoms with Crippen molar-refractivity contribution in [1.29, 1.82) is 5.26 Å². The molecular weight excluding hydrogens is 298 g/mol. The zero-order valence-electron chi connectivity index (χ0n) is 13.5. The van der Waals surface area contributed by atoms with Gasteiger partial charge in [0.05, 0.1) is 16.9 Å². The Bertz CT molecular complexity index is 534. The Morgan fingerprint density at radius 3 is 2.55 bits per heavy atom. The third kappa shape index (κ3) is 4.85. The molecule has 22 heavy (non-hydrogen) atoms. The summed E-state index contributed by atoms with van der Waals surface area (Å²) in [7, 11) is 0. The molecule has 0 aromatic carbocycles. The zero-order valence-corrected chi connectivity index (χ0v) is 14.3. The predicted octanol–water partition coefficient (Wildman–Crippen LogP) is 2.51. The third-order valence-corrected chi connectivity index (χ3v) is 4.24. The molecule has 1 aromatic rings. The molecule has 0 aliphatic rings. The highest BCUT2D eigenvalue weighted by Gasteiger charge is 2.29. The molecule has 0 aliphatic carbocycles. The lowest BCUT2D eigenvalue weighted by Crippen LogP contribution is -2.51. The number of amides is 2. The van der Waals surface area contributed by atoms with Gasteiger partial charge in [0, 0.05) is 13.1 Å². The normalized spacial score (nSPS) is 13.3. The lowest BCUT2D eigenvalue weighted by Gasteiger charge is -2.29. The first-order valence-electron chi connectivity index (χ1n) is 7.43. The number of carbonyl (C=O) groups is 2. The van der Waals surface area contributed by atoms with Crippen LogP contribution in [0.4, 0.5) is 0 Å². The second-order valence-electron chi connectivity index (χ2n) is 5.58. The van der Waals surface area contributed by atoms with E-state index in [2.05, 4.69) is 11.4 Å². The smallest absolute Gasteiger partial charge is 0.262 e. The highest BCUT2D eigenvalue weighted by Crippen LogP contribution is 2.12. The number of rotatable bonds is 7. The van der Waals surface area contributed by atoms with Crippen LogP contribution in [0.5, 0.6) is 0 Å². The van der Waals surface area contributed by atoms with Crippen LogP contribution in [0.3, 0.4) is 0 Å². The molecule has 1 heterocycles. The van der Waals surface area contributed by atoms with Crippen LogP contribution in [0.25, 0.3) is 0 Å². The molecule has 0 saturated heterocycles. The van der Waals surface area contributed by atoms with Gasteiger partial charge in [-0.2, -0.15) is 5.26 Å². The van der Waals surface area contributed by atoms with Gasteiger partial charge < -0.3 is 10.2 Å². The summed E-state index contributed by atoms with van der Waals surface area (Å²) in [5, 5.41) is 13.6. The highest BCUT2D eigenvalue weighted by atomic mass is 32.1. The number of thiophene rings is 1. The Labute approximate surface area is 135 Å². The van der Waals surface area contributed by atoms with Gasteiger partial charge in [-0.05, 0) is 31.2 Å². The number of hydrogen-bond donors (Lipinski definition) is 1. The average molecular weight is 321 g/mol. The predicted molar refractivity (Wildman–Crippen MR) is 87.4 cm³/mol. The molecular formula is C16H23N3O2S. The first kappa shape index (κ1) is 18.2. The van der Waals surface area contributed by atoms with Crippen LogP contribution < -0.4 is 5.32 Å². The van der Waals surface area contributed by atoms with E-state index in [1.165, 1.54) is 11.3 Å². The fourth-order valence-electron chi connectivity index (χ4n) is 2.08. The minimum atomic E-state index is -0.583. The minimum Gasteiger partial charge on any atom is -0.340 e. The number of nitrogens with zero attached hydrogens (tertiary/aromatic N) is 2. The summed E-state index contributed by atoms with van der Waals surface area (Å²) in [6, 6.07) is 5.09. The van der Waals surface area contributed by atoms with Crippen molar-refractivity contribution in [2.45, 2.75) is 33.7 Å². The summed E-state index contributed by atoms with van der Waals surface area (Å²) in [5.74, 6) is -0.622. The first-order chi connectivity index (χ1) is 10.4. The van der Waals surface area contributed by atoms with E-state index in [0.717, 1.165) is 0 Å². The molecule has 1 aromatic heterocycles. The van der Waals surface area contributed by atoms with Crippen LogP contribution >= 0.6 is 11.3 Å². The Morgan fingerprint density at radius 1 is 1.41 bits per heavy atom. The second-order valence-corrected chi connectivity index (χ2v) is 6.53. The quantitative estimate of drug-likeness (QED) is 0.838. The molecule has 0 bridgehead atoms. The number of carbonyl (C=O) groups excluding carboxylic acids is 2. The molecule has 0 spiro atoms. The topological polar surface area (TPSA) is 73.2 Å². The average Bonchev–Trinajstić information content (AvgIpc) is 3.03. The summed E-state index contributed by atoms with van der Waals surface area (Å²) < 4.78 is 0. The fraction of sp³-hybridized carbons (Fsp3) is 0.562. The van der Waals surface area contributed by atoms with Crippen molar-refractivity contribution in [2.24, 2.45) is 11.8 Å². The Kier molecular flexibility index (Phi) is 7.06. The standard InChI is InChI=1S/C16H23N3O2S/c1-5-19(10-12(4)9-17)16(21)14(11(2)3)18-15(20)13-7-6-8-22-13/h6-8,11-12,14H,5,10H2,1-4H3,(H,18,20)/t12-,14-/m1/s1. The molecule has 1 N–H and O–H groups in total. The van der Waals surface area contributed by atoms with E-state index in [4.69, 9.17) is 5.26 Å². The van der Waals surface area contributed by atoms with E-state index in [1.54, 1.807) is 24.0 Å². The molecule has 5 nitrogen and oxygen atoms in total. The summed E-state index contributed by atoms with van der Waals surface area (Å²) in [5.41, 5.74) is 0. The Morgan fingerprint density at radius 2 is 2.09 bits per heavy atom. The lowest BCUT2D eigenvalue weighted by molar-refractivity contribution is -0.134. The van der Waals surface area contributed by atoms with Crippen molar-refractivity contribution in [2.75, 3.05) is 13.1 Å². The molecule has 0 unspecified atom stereocenters. The highest BCUT2D eigenvalue weighted by molar-refractivity contribution is 7.12. The van der Waals surface area contributed by atoms with Crippen molar-refractivity contribution in [1.82, 2.24) is 10.2 Å². The Balaban J connectivity index is 2.83. The molecule has 0 saturated carbocycles. The van der Waals surface area contributed by atoms with Crippen molar-refractivity contribution < 1.29 is 9.59 Å². The van der Waals surface area contributed by atoms with Crippen LogP contribution in [-0.2, 0) is 4.79 Å². The van der Waals surface area contributed by atoms with Gasteiger partial charge >= 0.3 is 0 Å². The zero-order chi connectivity index (χ0) is 16.7. The maximum Gasteiger partial charge on any atom is 0.262 e. The van der Waals surface area contributed by atoms with Crippen molar-refractivity contribution in [3.8, 4) is 6.07 Å². The fourth-order valence-corrected chi connectivity index (χ4v) is 2.70. The molecule has 120 valence electrons. The van der Waals surface area contributed by atoms with Gasteiger partial charge in [-0.3, -0.25) is 9.59 Å². The van der Waals surface area contributed by atoms with E-state index in [-0.39, 0.29) is 23.7 Å². The third-order valence-electron chi connectivity index (χ3n) is 3.37. The van der Waals surface area contributed by atoms with Crippen molar-refractivity contribution in [3.63, 3.8) is 0 Å². The van der Waals surface area contributed by atoms with Gasteiger partial charge in [0.15, 0.2) is 0 Å². The van der Waals surface area contributed by atoms with Crippen LogP contribution in [0.1, 0.15) is 37.4 Å². The van der Waals surface area contributed by atoms with Gasteiger partial charge in [0.2, 0.25) is 5.91 Å². The van der Waals surface area contributed by atoms with Gasteiger partial charge in [-0.1, -0.05) is 19.9 Å². The van der Waals surface area contributed by atoms with E-state index in [0.29, 0.717) is 18.0 Å². The van der Waals surface area contributed by atoms with Crippen LogP contribution in [0, 0.1) is 23.2 Å². The SMILES string of the molecule is CCN(C[C@H](C)C#N)C(=O)[C@H](NC(=O)c1cccs1)C(C)C. The van der Waals surface area contributed by atoms with E-state index >= 15 is 0 Å². The number of hydrogen-bond acceptors (Lipinski definition) is 4. The van der Waals surface area contributed by atoms with E-state index in [9.17, 15) is 9.59 Å². The number of nitriles is 1. The van der Waals surface area contributed by atoms with Crippen LogP contribution in [-0.4, -0.2) is 35.8 Å². The minimum absolute atomic E-state index is 0.0251. The summed E-state index contributed by atoms with van der Waals surface area (Å²) in [6.07, 6.45) is 0. The van der Waals surface area contributed by atoms with Gasteiger partial charge in [-0.25, -0.2) is 0 Å². The van der Waals surface area contributed by atoms with Gasteiger partial charge in [0.1, 0.15) is 6.04 Å². The maximum atomic E-state index is 12.7. The summed E-state index contributed by atoms with van der Waals surface area (Å²) >= 11 is 1.34. The number of likely N-dealkylation sites (N-methyl/N-ethyl adjacent to an activating group) is 1. The molecule has 0 radical (unpaired) electrons. The summed E-state index contributed by atoms with van der Waals surface area (Å²) in [4.78, 5) is 27.1. The first-order valence-corrected chi connectivity index (χ1v) is 8.31. The maximum absolute atomic E-state index is 12.7. The van der Waals surface area contributed by atoms with Crippen LogP contribution in [0.15, 0.2) is 17.5 Å². The Hall–Kier alpha value is -1.87. The molecule has 1 rings (SSSR count). The lowest BCUT2D eigenvalue weighted by atomic mass is 10.0. The monoisotopic (exact) mass is 321 g/mol. The molecule has 2 atom stereocenters. The van der Waals surface area contributed by atoms with Crippen molar-refractivity contribution in [3.05, 3.63) is 22.4 Å². The molecule has 2 amide bonds. The molecule has 6 heteroatoms.